The van der Waals surface area contributed by atoms with E-state index in [-0.39, 0.29) is 5.91 Å². The quantitative estimate of drug-likeness (QED) is 0.803. The number of nitrogens with zero attached hydrogens (tertiary/aromatic N) is 2. The molecule has 0 bridgehead atoms. The number of carbonyl (C=O) groups is 1. The van der Waals surface area contributed by atoms with Crippen LogP contribution in [0.3, 0.4) is 0 Å². The van der Waals surface area contributed by atoms with Crippen molar-refractivity contribution in [1.82, 2.24) is 4.90 Å². The molecule has 5 heteroatoms. The van der Waals surface area contributed by atoms with Gasteiger partial charge >= 0.3 is 0 Å². The normalized spacial score (nSPS) is 11.3. The SMILES string of the molecule is CCN(CC(C)(C)O)c1cc(N)ccc1C(=O)N(C)C. The first-order valence-electron chi connectivity index (χ1n) is 6.74. The second kappa shape index (κ2) is 6.13. The van der Waals surface area contributed by atoms with Crippen LogP contribution in [0.15, 0.2) is 18.2 Å². The Morgan fingerprint density at radius 1 is 1.35 bits per heavy atom. The van der Waals surface area contributed by atoms with Gasteiger partial charge in [0.15, 0.2) is 0 Å². The monoisotopic (exact) mass is 279 g/mol. The number of nitrogens with two attached hydrogens (primary N) is 1. The lowest BCUT2D eigenvalue weighted by molar-refractivity contribution is 0.0818. The fourth-order valence-corrected chi connectivity index (χ4v) is 2.07. The Balaban J connectivity index is 3.26. The van der Waals surface area contributed by atoms with E-state index in [0.717, 1.165) is 5.69 Å². The van der Waals surface area contributed by atoms with Crippen LogP contribution < -0.4 is 10.6 Å². The number of carbonyl (C=O) groups excluding carboxylic acids is 1. The van der Waals surface area contributed by atoms with Crippen LogP contribution in [0.25, 0.3) is 0 Å². The summed E-state index contributed by atoms with van der Waals surface area (Å²) in [5.41, 5.74) is 6.95. The van der Waals surface area contributed by atoms with Gasteiger partial charge in [0.25, 0.3) is 5.91 Å². The highest BCUT2D eigenvalue weighted by atomic mass is 16.3. The minimum absolute atomic E-state index is 0.0748. The van der Waals surface area contributed by atoms with Crippen LogP contribution in [0, 0.1) is 0 Å². The number of likely N-dealkylation sites (N-methyl/N-ethyl adjacent to an activating group) is 1. The van der Waals surface area contributed by atoms with Crippen molar-refractivity contribution >= 4 is 17.3 Å². The van der Waals surface area contributed by atoms with Gasteiger partial charge in [0.1, 0.15) is 0 Å². The minimum Gasteiger partial charge on any atom is -0.399 e. The topological polar surface area (TPSA) is 69.8 Å². The summed E-state index contributed by atoms with van der Waals surface area (Å²) < 4.78 is 0. The molecule has 0 aliphatic heterocycles. The average molecular weight is 279 g/mol. The van der Waals surface area contributed by atoms with E-state index in [1.807, 2.05) is 11.8 Å². The molecule has 0 saturated heterocycles. The lowest BCUT2D eigenvalue weighted by Gasteiger charge is -2.31. The molecule has 5 nitrogen and oxygen atoms in total. The van der Waals surface area contributed by atoms with Crippen LogP contribution in [0.4, 0.5) is 11.4 Å². The summed E-state index contributed by atoms with van der Waals surface area (Å²) in [6, 6.07) is 5.24. The second-order valence-corrected chi connectivity index (χ2v) is 5.80. The zero-order chi connectivity index (χ0) is 15.5. The van der Waals surface area contributed by atoms with Gasteiger partial charge in [-0.1, -0.05) is 0 Å². The predicted octanol–water partition coefficient (Wildman–Crippen LogP) is 1.57. The van der Waals surface area contributed by atoms with Gasteiger partial charge in [0.05, 0.1) is 16.9 Å². The van der Waals surface area contributed by atoms with Crippen molar-refractivity contribution in [2.24, 2.45) is 0 Å². The molecule has 0 aromatic heterocycles. The third kappa shape index (κ3) is 4.13. The second-order valence-electron chi connectivity index (χ2n) is 5.80. The maximum Gasteiger partial charge on any atom is 0.255 e. The van der Waals surface area contributed by atoms with Crippen molar-refractivity contribution in [1.29, 1.82) is 0 Å². The van der Waals surface area contributed by atoms with Gasteiger partial charge in [0.2, 0.25) is 0 Å². The number of anilines is 2. The van der Waals surface area contributed by atoms with Crippen LogP contribution in [-0.4, -0.2) is 48.7 Å². The number of rotatable bonds is 5. The largest absolute Gasteiger partial charge is 0.399 e. The molecule has 1 aromatic rings. The first-order valence-corrected chi connectivity index (χ1v) is 6.74. The molecular formula is C15H25N3O2. The first kappa shape index (κ1) is 16.3. The molecule has 0 atom stereocenters. The summed E-state index contributed by atoms with van der Waals surface area (Å²) in [4.78, 5) is 15.8. The number of benzene rings is 1. The number of amides is 1. The Kier molecular flexibility index (Phi) is 5.00. The van der Waals surface area contributed by atoms with Crippen molar-refractivity contribution in [2.45, 2.75) is 26.4 Å². The summed E-state index contributed by atoms with van der Waals surface area (Å²) >= 11 is 0. The molecule has 0 fully saturated rings. The summed E-state index contributed by atoms with van der Waals surface area (Å²) in [6.45, 7) is 6.59. The number of hydrogen-bond acceptors (Lipinski definition) is 4. The highest BCUT2D eigenvalue weighted by Crippen LogP contribution is 2.26. The Bertz CT molecular complexity index is 478. The molecule has 0 heterocycles. The zero-order valence-electron chi connectivity index (χ0n) is 13.0. The van der Waals surface area contributed by atoms with Gasteiger partial charge in [0, 0.05) is 32.9 Å². The van der Waals surface area contributed by atoms with E-state index in [9.17, 15) is 9.90 Å². The molecule has 112 valence electrons. The summed E-state index contributed by atoms with van der Waals surface area (Å²) in [7, 11) is 3.43. The van der Waals surface area contributed by atoms with Crippen LogP contribution in [0.2, 0.25) is 0 Å². The Labute approximate surface area is 121 Å². The summed E-state index contributed by atoms with van der Waals surface area (Å²) in [6.07, 6.45) is 0. The van der Waals surface area contributed by atoms with E-state index in [2.05, 4.69) is 0 Å². The van der Waals surface area contributed by atoms with Gasteiger partial charge in [-0.05, 0) is 39.0 Å². The molecular weight excluding hydrogens is 254 g/mol. The molecule has 0 radical (unpaired) electrons. The average Bonchev–Trinajstić information content (AvgIpc) is 2.33. The van der Waals surface area contributed by atoms with Crippen LogP contribution in [0.1, 0.15) is 31.1 Å². The Morgan fingerprint density at radius 3 is 2.40 bits per heavy atom. The van der Waals surface area contributed by atoms with E-state index in [1.165, 1.54) is 4.90 Å². The van der Waals surface area contributed by atoms with Gasteiger partial charge in [-0.15, -0.1) is 0 Å². The van der Waals surface area contributed by atoms with E-state index in [0.29, 0.717) is 24.3 Å². The molecule has 0 aliphatic rings. The minimum atomic E-state index is -0.848. The van der Waals surface area contributed by atoms with Gasteiger partial charge < -0.3 is 20.6 Å². The third-order valence-corrected chi connectivity index (χ3v) is 2.96. The maximum absolute atomic E-state index is 12.3. The number of aliphatic hydroxyl groups is 1. The number of nitrogen functional groups attached to an aromatic ring is 1. The molecule has 0 unspecified atom stereocenters. The smallest absolute Gasteiger partial charge is 0.255 e. The molecule has 1 aromatic carbocycles. The van der Waals surface area contributed by atoms with Crippen molar-refractivity contribution in [3.05, 3.63) is 23.8 Å². The van der Waals surface area contributed by atoms with Crippen LogP contribution in [0.5, 0.6) is 0 Å². The van der Waals surface area contributed by atoms with E-state index in [1.54, 1.807) is 46.1 Å². The van der Waals surface area contributed by atoms with E-state index in [4.69, 9.17) is 5.73 Å². The third-order valence-electron chi connectivity index (χ3n) is 2.96. The first-order chi connectivity index (χ1) is 9.15. The fraction of sp³-hybridized carbons (Fsp3) is 0.533. The maximum atomic E-state index is 12.3. The molecule has 0 saturated carbocycles. The van der Waals surface area contributed by atoms with E-state index < -0.39 is 5.60 Å². The standard InChI is InChI=1S/C15H25N3O2/c1-6-18(10-15(2,3)20)13-9-11(16)7-8-12(13)14(19)17(4)5/h7-9,20H,6,10,16H2,1-5H3. The number of hydrogen-bond donors (Lipinski definition) is 2. The van der Waals surface area contributed by atoms with Crippen molar-refractivity contribution in [3.8, 4) is 0 Å². The molecule has 1 rings (SSSR count). The molecule has 3 N–H and O–H groups in total. The molecule has 20 heavy (non-hydrogen) atoms. The predicted molar refractivity (Wildman–Crippen MR) is 83.1 cm³/mol. The lowest BCUT2D eigenvalue weighted by atomic mass is 10.1. The van der Waals surface area contributed by atoms with Gasteiger partial charge in [-0.3, -0.25) is 4.79 Å². The molecule has 0 spiro atoms. The highest BCUT2D eigenvalue weighted by molar-refractivity contribution is 6.00. The van der Waals surface area contributed by atoms with Crippen molar-refractivity contribution in [2.75, 3.05) is 37.8 Å². The van der Waals surface area contributed by atoms with Crippen LogP contribution >= 0.6 is 0 Å². The van der Waals surface area contributed by atoms with Crippen molar-refractivity contribution in [3.63, 3.8) is 0 Å². The lowest BCUT2D eigenvalue weighted by Crippen LogP contribution is -2.39. The zero-order valence-corrected chi connectivity index (χ0v) is 13.0. The Hall–Kier alpha value is -1.75. The fourth-order valence-electron chi connectivity index (χ4n) is 2.07. The van der Waals surface area contributed by atoms with Gasteiger partial charge in [-0.2, -0.15) is 0 Å². The van der Waals surface area contributed by atoms with E-state index >= 15 is 0 Å². The molecule has 0 aliphatic carbocycles. The van der Waals surface area contributed by atoms with Gasteiger partial charge in [-0.25, -0.2) is 0 Å². The summed E-state index contributed by atoms with van der Waals surface area (Å²) in [5, 5.41) is 10.0. The summed E-state index contributed by atoms with van der Waals surface area (Å²) in [5.74, 6) is -0.0748. The molecule has 1 amide bonds. The Morgan fingerprint density at radius 2 is 1.95 bits per heavy atom. The van der Waals surface area contributed by atoms with Crippen LogP contribution in [-0.2, 0) is 0 Å². The van der Waals surface area contributed by atoms with Crippen molar-refractivity contribution < 1.29 is 9.90 Å². The highest BCUT2D eigenvalue weighted by Gasteiger charge is 2.22.